The van der Waals surface area contributed by atoms with Crippen molar-refractivity contribution < 1.29 is 4.79 Å². The summed E-state index contributed by atoms with van der Waals surface area (Å²) in [5.74, 6) is 0.939. The second kappa shape index (κ2) is 10.4. The van der Waals surface area contributed by atoms with Gasteiger partial charge in [-0.2, -0.15) is 5.10 Å². The van der Waals surface area contributed by atoms with Gasteiger partial charge in [0.15, 0.2) is 8.68 Å². The molecule has 1 amide bonds. The molecular formula is C20H20N4OS3. The lowest BCUT2D eigenvalue weighted by Gasteiger charge is -1.99. The third kappa shape index (κ3) is 6.78. The topological polar surface area (TPSA) is 67.2 Å². The molecule has 1 aromatic heterocycles. The van der Waals surface area contributed by atoms with Crippen LogP contribution in [0.15, 0.2) is 62.3 Å². The fraction of sp³-hybridized carbons (Fsp3) is 0.200. The van der Waals surface area contributed by atoms with Gasteiger partial charge in [-0.05, 0) is 25.0 Å². The number of hydrogen-bond donors (Lipinski definition) is 1. The lowest BCUT2D eigenvalue weighted by molar-refractivity contribution is -0.118. The van der Waals surface area contributed by atoms with Gasteiger partial charge >= 0.3 is 0 Å². The molecule has 0 aliphatic heterocycles. The van der Waals surface area contributed by atoms with Gasteiger partial charge in [-0.25, -0.2) is 5.43 Å². The highest BCUT2D eigenvalue weighted by Crippen LogP contribution is 2.30. The molecule has 0 aliphatic carbocycles. The van der Waals surface area contributed by atoms with Crippen molar-refractivity contribution in [1.29, 1.82) is 0 Å². The number of aryl methyl sites for hydroxylation is 2. The van der Waals surface area contributed by atoms with E-state index >= 15 is 0 Å². The predicted octanol–water partition coefficient (Wildman–Crippen LogP) is 4.69. The standard InChI is InChI=1S/C20H20N4OS3/c1-14-6-8-16(9-7-14)12-26-19-23-24-20(28-19)27-13-18(25)22-21-11-17-5-3-4-15(2)10-17/h3-11H,12-13H2,1-2H3,(H,22,25)/b21-11-. The number of aromatic nitrogens is 2. The molecule has 3 rings (SSSR count). The van der Waals surface area contributed by atoms with E-state index < -0.39 is 0 Å². The molecule has 0 saturated carbocycles. The van der Waals surface area contributed by atoms with E-state index in [1.165, 1.54) is 34.2 Å². The van der Waals surface area contributed by atoms with Crippen molar-refractivity contribution in [2.24, 2.45) is 5.10 Å². The van der Waals surface area contributed by atoms with Crippen LogP contribution in [0.3, 0.4) is 0 Å². The van der Waals surface area contributed by atoms with Gasteiger partial charge in [-0.3, -0.25) is 4.79 Å². The van der Waals surface area contributed by atoms with E-state index in [2.05, 4.69) is 51.9 Å². The van der Waals surface area contributed by atoms with Gasteiger partial charge in [-0.1, -0.05) is 94.5 Å². The van der Waals surface area contributed by atoms with Gasteiger partial charge < -0.3 is 0 Å². The van der Waals surface area contributed by atoms with Gasteiger partial charge in [-0.15, -0.1) is 10.2 Å². The number of carbonyl (C=O) groups is 1. The molecule has 144 valence electrons. The largest absolute Gasteiger partial charge is 0.272 e. The quantitative estimate of drug-likeness (QED) is 0.320. The fourth-order valence-corrected chi connectivity index (χ4v) is 5.00. The summed E-state index contributed by atoms with van der Waals surface area (Å²) >= 11 is 4.53. The highest BCUT2D eigenvalue weighted by Gasteiger charge is 2.08. The first-order chi connectivity index (χ1) is 13.6. The molecule has 1 heterocycles. The van der Waals surface area contributed by atoms with Crippen LogP contribution in [-0.4, -0.2) is 28.1 Å². The van der Waals surface area contributed by atoms with Crippen LogP contribution in [0.2, 0.25) is 0 Å². The van der Waals surface area contributed by atoms with Crippen LogP contribution in [0.25, 0.3) is 0 Å². The number of carbonyl (C=O) groups excluding carboxylic acids is 1. The lowest BCUT2D eigenvalue weighted by Crippen LogP contribution is -2.19. The zero-order valence-electron chi connectivity index (χ0n) is 15.6. The van der Waals surface area contributed by atoms with E-state index in [4.69, 9.17) is 0 Å². The molecule has 28 heavy (non-hydrogen) atoms. The summed E-state index contributed by atoms with van der Waals surface area (Å²) in [6.07, 6.45) is 1.64. The molecule has 0 bridgehead atoms. The van der Waals surface area contributed by atoms with Gasteiger partial charge in [0, 0.05) is 5.75 Å². The minimum atomic E-state index is -0.169. The number of rotatable bonds is 8. The van der Waals surface area contributed by atoms with Crippen LogP contribution in [0.1, 0.15) is 22.3 Å². The predicted molar refractivity (Wildman–Crippen MR) is 118 cm³/mol. The fourth-order valence-electron chi connectivity index (χ4n) is 2.23. The average Bonchev–Trinajstić information content (AvgIpc) is 3.14. The van der Waals surface area contributed by atoms with Crippen molar-refractivity contribution in [3.8, 4) is 0 Å². The summed E-state index contributed by atoms with van der Waals surface area (Å²) in [5, 5.41) is 12.3. The number of hydrazone groups is 1. The Morgan fingerprint density at radius 2 is 1.82 bits per heavy atom. The lowest BCUT2D eigenvalue weighted by atomic mass is 10.2. The van der Waals surface area contributed by atoms with Crippen LogP contribution >= 0.6 is 34.9 Å². The highest BCUT2D eigenvalue weighted by molar-refractivity contribution is 8.03. The van der Waals surface area contributed by atoms with Gasteiger partial charge in [0.25, 0.3) is 5.91 Å². The van der Waals surface area contributed by atoms with Crippen LogP contribution < -0.4 is 5.43 Å². The van der Waals surface area contributed by atoms with E-state index in [0.29, 0.717) is 0 Å². The molecule has 2 aromatic carbocycles. The molecular weight excluding hydrogens is 408 g/mol. The maximum absolute atomic E-state index is 11.9. The summed E-state index contributed by atoms with van der Waals surface area (Å²) in [6, 6.07) is 16.4. The van der Waals surface area contributed by atoms with E-state index in [1.807, 2.05) is 31.2 Å². The zero-order chi connectivity index (χ0) is 19.8. The Morgan fingerprint density at radius 3 is 2.57 bits per heavy atom. The second-order valence-electron chi connectivity index (χ2n) is 6.10. The maximum Gasteiger partial charge on any atom is 0.250 e. The summed E-state index contributed by atoms with van der Waals surface area (Å²) in [5.41, 5.74) is 7.15. The van der Waals surface area contributed by atoms with Crippen LogP contribution in [0.4, 0.5) is 0 Å². The number of benzene rings is 2. The van der Waals surface area contributed by atoms with Crippen molar-refractivity contribution in [2.75, 3.05) is 5.75 Å². The van der Waals surface area contributed by atoms with Crippen LogP contribution in [0.5, 0.6) is 0 Å². The molecule has 8 heteroatoms. The van der Waals surface area contributed by atoms with Crippen molar-refractivity contribution >= 4 is 47.0 Å². The molecule has 0 aliphatic rings. The molecule has 0 fully saturated rings. The third-order valence-electron chi connectivity index (χ3n) is 3.64. The SMILES string of the molecule is Cc1ccc(CSc2nnc(SCC(=O)N/N=C\c3cccc(C)c3)s2)cc1. The minimum absolute atomic E-state index is 0.169. The number of nitrogens with zero attached hydrogens (tertiary/aromatic N) is 3. The third-order valence-corrected chi connectivity index (χ3v) is 6.90. The van der Waals surface area contributed by atoms with E-state index in [0.717, 1.165) is 25.6 Å². The summed E-state index contributed by atoms with van der Waals surface area (Å²) in [4.78, 5) is 11.9. The molecule has 0 radical (unpaired) electrons. The van der Waals surface area contributed by atoms with Gasteiger partial charge in [0.05, 0.1) is 12.0 Å². The Morgan fingerprint density at radius 1 is 1.07 bits per heavy atom. The first kappa shape index (κ1) is 20.6. The monoisotopic (exact) mass is 428 g/mol. The Hall–Kier alpha value is -2.16. The maximum atomic E-state index is 11.9. The Labute approximate surface area is 177 Å². The van der Waals surface area contributed by atoms with E-state index in [-0.39, 0.29) is 11.7 Å². The zero-order valence-corrected chi connectivity index (χ0v) is 18.0. The number of nitrogens with one attached hydrogen (secondary N) is 1. The first-order valence-corrected chi connectivity index (χ1v) is 11.4. The summed E-state index contributed by atoms with van der Waals surface area (Å²) in [7, 11) is 0. The molecule has 3 aromatic rings. The normalized spacial score (nSPS) is 11.1. The van der Waals surface area contributed by atoms with Crippen molar-refractivity contribution in [3.63, 3.8) is 0 Å². The van der Waals surface area contributed by atoms with Crippen LogP contribution in [-0.2, 0) is 10.5 Å². The van der Waals surface area contributed by atoms with Gasteiger partial charge in [0.1, 0.15) is 0 Å². The highest BCUT2D eigenvalue weighted by atomic mass is 32.2. The molecule has 0 spiro atoms. The molecule has 5 nitrogen and oxygen atoms in total. The van der Waals surface area contributed by atoms with Crippen molar-refractivity contribution in [2.45, 2.75) is 28.3 Å². The smallest absolute Gasteiger partial charge is 0.250 e. The number of amides is 1. The van der Waals surface area contributed by atoms with Crippen molar-refractivity contribution in [1.82, 2.24) is 15.6 Å². The molecule has 0 saturated heterocycles. The Bertz CT molecular complexity index is 954. The molecule has 0 atom stereocenters. The van der Waals surface area contributed by atoms with Crippen LogP contribution in [0, 0.1) is 13.8 Å². The second-order valence-corrected chi connectivity index (χ2v) is 9.53. The molecule has 0 unspecified atom stereocenters. The summed E-state index contributed by atoms with van der Waals surface area (Å²) in [6.45, 7) is 4.09. The number of thioether (sulfide) groups is 2. The summed E-state index contributed by atoms with van der Waals surface area (Å²) < 4.78 is 1.69. The molecule has 1 N–H and O–H groups in total. The van der Waals surface area contributed by atoms with Gasteiger partial charge in [0.2, 0.25) is 0 Å². The first-order valence-electron chi connectivity index (χ1n) is 8.62. The Kier molecular flexibility index (Phi) is 7.64. The van der Waals surface area contributed by atoms with E-state index in [9.17, 15) is 4.79 Å². The van der Waals surface area contributed by atoms with E-state index in [1.54, 1.807) is 18.0 Å². The average molecular weight is 429 g/mol. The number of hydrogen-bond acceptors (Lipinski definition) is 7. The Balaban J connectivity index is 1.41. The van der Waals surface area contributed by atoms with Crippen molar-refractivity contribution in [3.05, 3.63) is 70.8 Å². The minimum Gasteiger partial charge on any atom is -0.272 e.